The van der Waals surface area contributed by atoms with Crippen LogP contribution in [0.5, 0.6) is 0 Å². The van der Waals surface area contributed by atoms with Crippen LogP contribution in [0.3, 0.4) is 0 Å². The van der Waals surface area contributed by atoms with Gasteiger partial charge in [0.1, 0.15) is 0 Å². The Morgan fingerprint density at radius 2 is 1.25 bits per heavy atom. The van der Waals surface area contributed by atoms with Crippen molar-refractivity contribution in [2.75, 3.05) is 9.80 Å². The van der Waals surface area contributed by atoms with Crippen molar-refractivity contribution in [2.24, 2.45) is 0 Å². The van der Waals surface area contributed by atoms with E-state index in [0.29, 0.717) is 11.4 Å². The molecular weight excluding hydrogens is 260 g/mol. The molecule has 20 heavy (non-hydrogen) atoms. The minimum absolute atomic E-state index is 0.169. The summed E-state index contributed by atoms with van der Waals surface area (Å²) in [4.78, 5) is 37.7. The first-order valence-electron chi connectivity index (χ1n) is 6.40. The number of carbonyl (C=O) groups excluding carboxylic acids is 2. The number of fused-ring (bicyclic) bond motifs is 2. The van der Waals surface area contributed by atoms with Gasteiger partial charge in [-0.15, -0.1) is 0 Å². The molecule has 2 unspecified atom stereocenters. The number of amides is 2. The van der Waals surface area contributed by atoms with Gasteiger partial charge < -0.3 is 0 Å². The van der Waals surface area contributed by atoms with E-state index < -0.39 is 11.4 Å². The first kappa shape index (κ1) is 13.1. The molecule has 3 rings (SSSR count). The fraction of sp³-hybridized carbons (Fsp3) is 0.429. The standard InChI is InChI=1S/C14H16N2O4/c1-9(17)15-11-7-5-6-8-12(11)16(10(2)18)14(4)13(15,3)19-20-14/h5-8H,1-4H3. The Labute approximate surface area is 116 Å². The Kier molecular flexibility index (Phi) is 2.49. The van der Waals surface area contributed by atoms with E-state index >= 15 is 0 Å². The van der Waals surface area contributed by atoms with E-state index in [1.54, 1.807) is 26.0 Å². The van der Waals surface area contributed by atoms with Crippen LogP contribution in [0.4, 0.5) is 11.4 Å². The molecule has 2 aliphatic rings. The lowest BCUT2D eigenvalue weighted by Gasteiger charge is -2.63. The van der Waals surface area contributed by atoms with Gasteiger partial charge in [-0.2, -0.15) is 9.78 Å². The third-order valence-electron chi connectivity index (χ3n) is 4.07. The Balaban J connectivity index is 2.30. The molecule has 106 valence electrons. The molecule has 0 saturated carbocycles. The molecule has 0 bridgehead atoms. The summed E-state index contributed by atoms with van der Waals surface area (Å²) < 4.78 is 0. The third kappa shape index (κ3) is 1.30. The van der Waals surface area contributed by atoms with Gasteiger partial charge in [-0.25, -0.2) is 0 Å². The molecule has 2 atom stereocenters. The van der Waals surface area contributed by atoms with Crippen molar-refractivity contribution in [2.45, 2.75) is 39.1 Å². The third-order valence-corrected chi connectivity index (χ3v) is 4.07. The molecule has 0 N–H and O–H groups in total. The van der Waals surface area contributed by atoms with Gasteiger partial charge in [-0.3, -0.25) is 19.4 Å². The summed E-state index contributed by atoms with van der Waals surface area (Å²) in [5, 5.41) is 0. The lowest BCUT2D eigenvalue weighted by Crippen LogP contribution is -2.82. The molecule has 2 amide bonds. The molecular formula is C14H16N2O4. The predicted octanol–water partition coefficient (Wildman–Crippen LogP) is 1.80. The van der Waals surface area contributed by atoms with E-state index in [2.05, 4.69) is 0 Å². The van der Waals surface area contributed by atoms with Crippen molar-refractivity contribution in [3.63, 3.8) is 0 Å². The zero-order valence-corrected chi connectivity index (χ0v) is 11.8. The van der Waals surface area contributed by atoms with Crippen molar-refractivity contribution in [1.29, 1.82) is 0 Å². The maximum Gasteiger partial charge on any atom is 0.230 e. The van der Waals surface area contributed by atoms with Gasteiger partial charge in [0.2, 0.25) is 23.3 Å². The second kappa shape index (κ2) is 3.80. The van der Waals surface area contributed by atoms with Crippen LogP contribution in [-0.4, -0.2) is 23.3 Å². The fourth-order valence-electron chi connectivity index (χ4n) is 3.01. The monoisotopic (exact) mass is 276 g/mol. The van der Waals surface area contributed by atoms with E-state index in [9.17, 15) is 9.59 Å². The number of nitrogens with zero attached hydrogens (tertiary/aromatic N) is 2. The lowest BCUT2D eigenvalue weighted by atomic mass is 9.91. The minimum atomic E-state index is -1.04. The highest BCUT2D eigenvalue weighted by atomic mass is 17.3. The van der Waals surface area contributed by atoms with Crippen molar-refractivity contribution in [3.8, 4) is 0 Å². The number of rotatable bonds is 0. The van der Waals surface area contributed by atoms with Crippen LogP contribution in [0.1, 0.15) is 27.7 Å². The molecule has 1 fully saturated rings. The maximum absolute atomic E-state index is 12.1. The number of hydrogen-bond acceptors (Lipinski definition) is 4. The molecule has 1 aromatic carbocycles. The van der Waals surface area contributed by atoms with Crippen LogP contribution < -0.4 is 9.80 Å². The number of carbonyl (C=O) groups is 2. The molecule has 1 aromatic rings. The van der Waals surface area contributed by atoms with Crippen molar-refractivity contribution < 1.29 is 19.4 Å². The number of hydrogen-bond donors (Lipinski definition) is 0. The highest BCUT2D eigenvalue weighted by molar-refractivity contribution is 6.05. The van der Waals surface area contributed by atoms with Crippen molar-refractivity contribution in [3.05, 3.63) is 24.3 Å². The highest BCUT2D eigenvalue weighted by Crippen LogP contribution is 2.55. The summed E-state index contributed by atoms with van der Waals surface area (Å²) >= 11 is 0. The van der Waals surface area contributed by atoms with Crippen LogP contribution >= 0.6 is 0 Å². The van der Waals surface area contributed by atoms with Gasteiger partial charge in [0.05, 0.1) is 11.4 Å². The van der Waals surface area contributed by atoms with Crippen molar-refractivity contribution >= 4 is 23.2 Å². The molecule has 6 heteroatoms. The summed E-state index contributed by atoms with van der Waals surface area (Å²) in [5.74, 6) is -0.338. The average Bonchev–Trinajstić information content (AvgIpc) is 2.37. The molecule has 2 heterocycles. The summed E-state index contributed by atoms with van der Waals surface area (Å²) in [7, 11) is 0. The summed E-state index contributed by atoms with van der Waals surface area (Å²) in [5.41, 5.74) is -0.811. The van der Waals surface area contributed by atoms with Crippen LogP contribution in [0.2, 0.25) is 0 Å². The second-order valence-corrected chi connectivity index (χ2v) is 5.33. The lowest BCUT2D eigenvalue weighted by molar-refractivity contribution is -0.541. The summed E-state index contributed by atoms with van der Waals surface area (Å²) in [6.07, 6.45) is 0. The van der Waals surface area contributed by atoms with E-state index in [1.165, 1.54) is 23.6 Å². The zero-order valence-electron chi connectivity index (χ0n) is 11.8. The smallest absolute Gasteiger partial charge is 0.230 e. The fourth-order valence-corrected chi connectivity index (χ4v) is 3.01. The number of benzene rings is 1. The first-order valence-corrected chi connectivity index (χ1v) is 6.40. The van der Waals surface area contributed by atoms with E-state index in [-0.39, 0.29) is 11.8 Å². The van der Waals surface area contributed by atoms with Crippen LogP contribution in [0, 0.1) is 0 Å². The highest BCUT2D eigenvalue weighted by Gasteiger charge is 2.70. The van der Waals surface area contributed by atoms with Crippen molar-refractivity contribution in [1.82, 2.24) is 0 Å². The summed E-state index contributed by atoms with van der Waals surface area (Å²) in [6.45, 7) is 6.41. The topological polar surface area (TPSA) is 59.1 Å². The zero-order chi connectivity index (χ0) is 14.7. The van der Waals surface area contributed by atoms with E-state index in [1.807, 2.05) is 12.1 Å². The molecule has 6 nitrogen and oxygen atoms in total. The van der Waals surface area contributed by atoms with Crippen LogP contribution in [0.15, 0.2) is 24.3 Å². The quantitative estimate of drug-likeness (QED) is 0.678. The molecule has 0 spiro atoms. The average molecular weight is 276 g/mol. The van der Waals surface area contributed by atoms with Gasteiger partial charge >= 0.3 is 0 Å². The molecule has 1 saturated heterocycles. The maximum atomic E-state index is 12.1. The van der Waals surface area contributed by atoms with E-state index in [0.717, 1.165) is 0 Å². The normalized spacial score (nSPS) is 31.2. The van der Waals surface area contributed by atoms with Gasteiger partial charge in [0, 0.05) is 13.8 Å². The number of anilines is 2. The van der Waals surface area contributed by atoms with Crippen LogP contribution in [0.25, 0.3) is 0 Å². The molecule has 2 aliphatic heterocycles. The van der Waals surface area contributed by atoms with E-state index in [4.69, 9.17) is 9.78 Å². The first-order chi connectivity index (χ1) is 9.33. The SMILES string of the molecule is CC(=O)N1c2ccccc2N(C(C)=O)C2(C)OOC12C. The predicted molar refractivity (Wildman–Crippen MR) is 71.7 cm³/mol. The number of para-hydroxylation sites is 2. The Morgan fingerprint density at radius 3 is 1.50 bits per heavy atom. The Morgan fingerprint density at radius 1 is 0.900 bits per heavy atom. The second-order valence-electron chi connectivity index (χ2n) is 5.33. The Bertz CT molecular complexity index is 564. The van der Waals surface area contributed by atoms with Gasteiger partial charge in [0.25, 0.3) is 0 Å². The van der Waals surface area contributed by atoms with Gasteiger partial charge in [-0.1, -0.05) is 12.1 Å². The summed E-state index contributed by atoms with van der Waals surface area (Å²) in [6, 6.07) is 7.22. The van der Waals surface area contributed by atoms with Gasteiger partial charge in [0.15, 0.2) is 0 Å². The van der Waals surface area contributed by atoms with Crippen LogP contribution in [-0.2, 0) is 19.4 Å². The molecule has 0 aromatic heterocycles. The largest absolute Gasteiger partial charge is 0.275 e. The molecule has 0 aliphatic carbocycles. The minimum Gasteiger partial charge on any atom is -0.275 e. The van der Waals surface area contributed by atoms with Gasteiger partial charge in [-0.05, 0) is 26.0 Å². The molecule has 0 radical (unpaired) electrons. The Hall–Kier alpha value is -1.92.